The van der Waals surface area contributed by atoms with E-state index in [1.54, 1.807) is 0 Å². The molecule has 32 heavy (non-hydrogen) atoms. The number of hydrogen-bond donors (Lipinski definition) is 2. The first-order valence-electron chi connectivity index (χ1n) is 10.1. The maximum atomic E-state index is 12.7. The third kappa shape index (κ3) is 5.69. The fourth-order valence-electron chi connectivity index (χ4n) is 3.22. The number of carbonyl (C=O) groups is 2. The van der Waals surface area contributed by atoms with Crippen LogP contribution in [-0.4, -0.2) is 17.1 Å². The molecular weight excluding hydrogens is 531 g/mol. The van der Waals surface area contributed by atoms with E-state index in [1.807, 2.05) is 97.9 Å². The Balaban J connectivity index is 1.40. The highest BCUT2D eigenvalue weighted by molar-refractivity contribution is 14.1. The molecule has 0 radical (unpaired) electrons. The van der Waals surface area contributed by atoms with Gasteiger partial charge in [-0.15, -0.1) is 11.8 Å². The lowest BCUT2D eigenvalue weighted by atomic mass is 10.1. The number of amides is 2. The van der Waals surface area contributed by atoms with Crippen molar-refractivity contribution in [3.63, 3.8) is 0 Å². The Morgan fingerprint density at radius 3 is 2.31 bits per heavy atom. The molecule has 4 aromatic carbocycles. The summed E-state index contributed by atoms with van der Waals surface area (Å²) in [5, 5.41) is 7.73. The molecule has 0 aliphatic carbocycles. The lowest BCUT2D eigenvalue weighted by Gasteiger charge is -2.13. The van der Waals surface area contributed by atoms with Crippen molar-refractivity contribution >= 4 is 68.3 Å². The summed E-state index contributed by atoms with van der Waals surface area (Å²) in [7, 11) is 0. The number of fused-ring (bicyclic) bond motifs is 1. The molecule has 0 aromatic heterocycles. The summed E-state index contributed by atoms with van der Waals surface area (Å²) < 4.78 is 1.12. The molecule has 0 spiro atoms. The van der Waals surface area contributed by atoms with Gasteiger partial charge in [-0.05, 0) is 94.9 Å². The maximum absolute atomic E-state index is 12.7. The predicted molar refractivity (Wildman–Crippen MR) is 141 cm³/mol. The number of rotatable bonds is 6. The summed E-state index contributed by atoms with van der Waals surface area (Å²) in [5.41, 5.74) is 2.07. The SMILES string of the molecule is CC(Sc1cccc(NC(=O)c2ccc3ccccc3c2)c1)C(=O)Nc1ccc(I)cc1. The smallest absolute Gasteiger partial charge is 0.255 e. The molecule has 0 heterocycles. The van der Waals surface area contributed by atoms with Crippen molar-refractivity contribution in [2.75, 3.05) is 10.6 Å². The second kappa shape index (κ2) is 10.2. The summed E-state index contributed by atoms with van der Waals surface area (Å²) in [6.07, 6.45) is 0. The molecule has 6 heteroatoms. The van der Waals surface area contributed by atoms with Gasteiger partial charge in [0.2, 0.25) is 5.91 Å². The number of benzene rings is 4. The Hall–Kier alpha value is -2.84. The maximum Gasteiger partial charge on any atom is 0.255 e. The van der Waals surface area contributed by atoms with Crippen LogP contribution < -0.4 is 10.6 Å². The van der Waals surface area contributed by atoms with Crippen molar-refractivity contribution in [3.05, 3.63) is 100 Å². The molecule has 0 fully saturated rings. The van der Waals surface area contributed by atoms with Gasteiger partial charge in [-0.1, -0.05) is 36.4 Å². The van der Waals surface area contributed by atoms with E-state index in [2.05, 4.69) is 33.2 Å². The van der Waals surface area contributed by atoms with E-state index in [4.69, 9.17) is 0 Å². The lowest BCUT2D eigenvalue weighted by molar-refractivity contribution is -0.115. The molecular formula is C26H21IN2O2S. The molecule has 0 saturated carbocycles. The van der Waals surface area contributed by atoms with Gasteiger partial charge in [-0.25, -0.2) is 0 Å². The molecule has 0 aliphatic heterocycles. The van der Waals surface area contributed by atoms with Gasteiger partial charge in [-0.2, -0.15) is 0 Å². The van der Waals surface area contributed by atoms with Crippen LogP contribution in [0.1, 0.15) is 17.3 Å². The molecule has 2 amide bonds. The topological polar surface area (TPSA) is 58.2 Å². The summed E-state index contributed by atoms with van der Waals surface area (Å²) in [5.74, 6) is -0.232. The fraction of sp³-hybridized carbons (Fsp3) is 0.0769. The van der Waals surface area contributed by atoms with Crippen LogP contribution in [0.4, 0.5) is 11.4 Å². The van der Waals surface area contributed by atoms with E-state index in [0.717, 1.165) is 24.9 Å². The molecule has 0 bridgehead atoms. The molecule has 0 aliphatic rings. The highest BCUT2D eigenvalue weighted by Crippen LogP contribution is 2.27. The van der Waals surface area contributed by atoms with Gasteiger partial charge in [0.25, 0.3) is 5.91 Å². The van der Waals surface area contributed by atoms with Crippen molar-refractivity contribution in [2.45, 2.75) is 17.1 Å². The van der Waals surface area contributed by atoms with Crippen molar-refractivity contribution in [1.29, 1.82) is 0 Å². The summed E-state index contributed by atoms with van der Waals surface area (Å²) >= 11 is 3.68. The molecule has 160 valence electrons. The minimum absolute atomic E-state index is 0.0678. The van der Waals surface area contributed by atoms with Gasteiger partial charge in [0.15, 0.2) is 0 Å². The van der Waals surface area contributed by atoms with Crippen LogP contribution in [0.2, 0.25) is 0 Å². The minimum Gasteiger partial charge on any atom is -0.325 e. The van der Waals surface area contributed by atoms with Gasteiger partial charge in [-0.3, -0.25) is 9.59 Å². The average molecular weight is 552 g/mol. The summed E-state index contributed by atoms with van der Waals surface area (Å²) in [6.45, 7) is 1.87. The highest BCUT2D eigenvalue weighted by Gasteiger charge is 2.15. The Morgan fingerprint density at radius 2 is 1.53 bits per heavy atom. The number of thioether (sulfide) groups is 1. The normalized spacial score (nSPS) is 11.7. The monoisotopic (exact) mass is 552 g/mol. The zero-order chi connectivity index (χ0) is 22.5. The second-order valence-electron chi connectivity index (χ2n) is 7.30. The van der Waals surface area contributed by atoms with E-state index in [9.17, 15) is 9.59 Å². The molecule has 1 atom stereocenters. The molecule has 1 unspecified atom stereocenters. The minimum atomic E-state index is -0.291. The van der Waals surface area contributed by atoms with Crippen molar-refractivity contribution in [3.8, 4) is 0 Å². The van der Waals surface area contributed by atoms with Gasteiger partial charge >= 0.3 is 0 Å². The van der Waals surface area contributed by atoms with Crippen LogP contribution in [-0.2, 0) is 4.79 Å². The van der Waals surface area contributed by atoms with Crippen LogP contribution in [0.15, 0.2) is 95.9 Å². The Bertz CT molecular complexity index is 1270. The van der Waals surface area contributed by atoms with Gasteiger partial charge in [0.1, 0.15) is 0 Å². The van der Waals surface area contributed by atoms with Crippen LogP contribution in [0.25, 0.3) is 10.8 Å². The number of carbonyl (C=O) groups excluding carboxylic acids is 2. The molecule has 4 aromatic rings. The first-order valence-corrected chi connectivity index (χ1v) is 12.1. The predicted octanol–water partition coefficient (Wildman–Crippen LogP) is 6.82. The van der Waals surface area contributed by atoms with E-state index < -0.39 is 0 Å². The van der Waals surface area contributed by atoms with Crippen LogP contribution in [0.3, 0.4) is 0 Å². The average Bonchev–Trinajstić information content (AvgIpc) is 2.80. The third-order valence-corrected chi connectivity index (χ3v) is 6.71. The van der Waals surface area contributed by atoms with Crippen molar-refractivity contribution in [2.24, 2.45) is 0 Å². The Morgan fingerprint density at radius 1 is 0.781 bits per heavy atom. The van der Waals surface area contributed by atoms with Gasteiger partial charge < -0.3 is 10.6 Å². The van der Waals surface area contributed by atoms with E-state index in [-0.39, 0.29) is 17.1 Å². The van der Waals surface area contributed by atoms with Gasteiger partial charge in [0.05, 0.1) is 5.25 Å². The zero-order valence-corrected chi connectivity index (χ0v) is 20.3. The van der Waals surface area contributed by atoms with E-state index in [0.29, 0.717) is 11.3 Å². The van der Waals surface area contributed by atoms with Crippen molar-refractivity contribution in [1.82, 2.24) is 0 Å². The summed E-state index contributed by atoms with van der Waals surface area (Å²) in [6, 6.07) is 28.8. The molecule has 4 rings (SSSR count). The fourth-order valence-corrected chi connectivity index (χ4v) is 4.50. The highest BCUT2D eigenvalue weighted by atomic mass is 127. The standard InChI is InChI=1S/C26H21IN2O2S/c1-17(25(30)28-22-13-11-21(27)12-14-22)32-24-8-4-7-23(16-24)29-26(31)20-10-9-18-5-2-3-6-19(18)15-20/h2-17H,1H3,(H,28,30)(H,29,31). The van der Waals surface area contributed by atoms with Crippen LogP contribution in [0.5, 0.6) is 0 Å². The van der Waals surface area contributed by atoms with E-state index >= 15 is 0 Å². The van der Waals surface area contributed by atoms with Gasteiger partial charge in [0, 0.05) is 25.4 Å². The first kappa shape index (κ1) is 22.4. The Kier molecular flexibility index (Phi) is 7.12. The number of nitrogens with one attached hydrogen (secondary N) is 2. The number of anilines is 2. The third-order valence-electron chi connectivity index (χ3n) is 4.90. The number of halogens is 1. The van der Waals surface area contributed by atoms with E-state index in [1.165, 1.54) is 11.8 Å². The van der Waals surface area contributed by atoms with Crippen molar-refractivity contribution < 1.29 is 9.59 Å². The van der Waals surface area contributed by atoms with Crippen LogP contribution >= 0.6 is 34.4 Å². The lowest BCUT2D eigenvalue weighted by Crippen LogP contribution is -2.22. The molecule has 4 nitrogen and oxygen atoms in total. The Labute approximate surface area is 204 Å². The second-order valence-corrected chi connectivity index (χ2v) is 9.96. The largest absolute Gasteiger partial charge is 0.325 e. The molecule has 2 N–H and O–H groups in total. The quantitative estimate of drug-likeness (QED) is 0.204. The zero-order valence-electron chi connectivity index (χ0n) is 17.3. The first-order chi connectivity index (χ1) is 15.5. The number of hydrogen-bond acceptors (Lipinski definition) is 3. The summed E-state index contributed by atoms with van der Waals surface area (Å²) in [4.78, 5) is 26.2. The van der Waals surface area contributed by atoms with Crippen LogP contribution in [0, 0.1) is 3.57 Å². The molecule has 0 saturated heterocycles.